The molecular weight excluding hydrogens is 120 g/mol. The van der Waals surface area contributed by atoms with Crippen LogP contribution in [0.1, 0.15) is 39.5 Å². The lowest BCUT2D eigenvalue weighted by molar-refractivity contribution is 0.521. The molecule has 0 aromatic carbocycles. The maximum absolute atomic E-state index is 3.74. The Bertz CT molecular complexity index is 82.0. The molecule has 0 heterocycles. The second-order valence-corrected chi connectivity index (χ2v) is 2.85. The Balaban J connectivity index is 3.10. The van der Waals surface area contributed by atoms with Gasteiger partial charge in [0, 0.05) is 0 Å². The molecular formula is C10H19. The van der Waals surface area contributed by atoms with E-state index in [0.717, 1.165) is 12.3 Å². The van der Waals surface area contributed by atoms with E-state index >= 15 is 0 Å². The third kappa shape index (κ3) is 5.87. The molecule has 1 radical (unpaired) electrons. The van der Waals surface area contributed by atoms with E-state index in [-0.39, 0.29) is 0 Å². The highest BCUT2D eigenvalue weighted by Gasteiger charge is 1.94. The highest BCUT2D eigenvalue weighted by molar-refractivity contribution is 4.82. The highest BCUT2D eigenvalue weighted by Crippen LogP contribution is 2.09. The Hall–Kier alpha value is -0.260. The first-order chi connectivity index (χ1) is 4.81. The van der Waals surface area contributed by atoms with Gasteiger partial charge in [0.2, 0.25) is 0 Å². The van der Waals surface area contributed by atoms with Gasteiger partial charge in [-0.2, -0.15) is 0 Å². The molecule has 0 spiro atoms. The normalized spacial score (nSPS) is 14.3. The monoisotopic (exact) mass is 139 g/mol. The van der Waals surface area contributed by atoms with Crippen LogP contribution in [0.3, 0.4) is 0 Å². The van der Waals surface area contributed by atoms with E-state index in [1.165, 1.54) is 19.3 Å². The summed E-state index contributed by atoms with van der Waals surface area (Å²) in [6.45, 7) is 8.29. The molecule has 0 aliphatic heterocycles. The van der Waals surface area contributed by atoms with Crippen molar-refractivity contribution in [1.82, 2.24) is 0 Å². The zero-order valence-electron chi connectivity index (χ0n) is 7.27. The summed E-state index contributed by atoms with van der Waals surface area (Å²) in [4.78, 5) is 0. The van der Waals surface area contributed by atoms with Crippen molar-refractivity contribution in [3.05, 3.63) is 19.1 Å². The fourth-order valence-corrected chi connectivity index (χ4v) is 0.821. The summed E-state index contributed by atoms with van der Waals surface area (Å²) in [5.41, 5.74) is 0. The molecule has 0 fully saturated rings. The lowest BCUT2D eigenvalue weighted by Gasteiger charge is -2.03. The van der Waals surface area contributed by atoms with Crippen molar-refractivity contribution in [1.29, 1.82) is 0 Å². The van der Waals surface area contributed by atoms with Crippen LogP contribution in [0.4, 0.5) is 0 Å². The molecule has 0 heteroatoms. The molecule has 1 unspecified atom stereocenters. The molecule has 1 atom stereocenters. The quantitative estimate of drug-likeness (QED) is 0.510. The molecule has 0 saturated heterocycles. The second kappa shape index (κ2) is 6.85. The molecule has 0 nitrogen and oxygen atoms in total. The summed E-state index contributed by atoms with van der Waals surface area (Å²) < 4.78 is 0. The molecule has 0 aromatic rings. The van der Waals surface area contributed by atoms with Gasteiger partial charge in [0.15, 0.2) is 0 Å². The van der Waals surface area contributed by atoms with Crippen LogP contribution in [0.5, 0.6) is 0 Å². The van der Waals surface area contributed by atoms with E-state index in [2.05, 4.69) is 32.9 Å². The number of rotatable bonds is 5. The largest absolute Gasteiger partial charge is 0.0885 e. The minimum atomic E-state index is 0.884. The first-order valence-corrected chi connectivity index (χ1v) is 4.25. The number of allylic oxidation sites excluding steroid dienone is 2. The Kier molecular flexibility index (Phi) is 6.68. The Morgan fingerprint density at radius 3 is 2.60 bits per heavy atom. The second-order valence-electron chi connectivity index (χ2n) is 2.85. The minimum absolute atomic E-state index is 0.884. The SMILES string of the molecule is [CH2]CC=CCCC(C)CC. The first kappa shape index (κ1) is 9.74. The van der Waals surface area contributed by atoms with E-state index in [9.17, 15) is 0 Å². The van der Waals surface area contributed by atoms with E-state index in [1.54, 1.807) is 0 Å². The summed E-state index contributed by atoms with van der Waals surface area (Å²) in [6.07, 6.45) is 9.16. The molecule has 10 heavy (non-hydrogen) atoms. The lowest BCUT2D eigenvalue weighted by Crippen LogP contribution is -1.89. The molecule has 59 valence electrons. The molecule has 0 amide bonds. The van der Waals surface area contributed by atoms with Crippen LogP contribution in [0.2, 0.25) is 0 Å². The average Bonchev–Trinajstić information content (AvgIpc) is 1.98. The molecule has 0 aliphatic carbocycles. The van der Waals surface area contributed by atoms with Gasteiger partial charge in [-0.3, -0.25) is 0 Å². The zero-order chi connectivity index (χ0) is 7.82. The van der Waals surface area contributed by atoms with Gasteiger partial charge < -0.3 is 0 Å². The first-order valence-electron chi connectivity index (χ1n) is 4.25. The molecule has 0 aromatic heterocycles. The highest BCUT2D eigenvalue weighted by atomic mass is 14.0. The van der Waals surface area contributed by atoms with E-state index in [4.69, 9.17) is 0 Å². The summed E-state index contributed by atoms with van der Waals surface area (Å²) in [5.74, 6) is 0.884. The number of hydrogen-bond acceptors (Lipinski definition) is 0. The van der Waals surface area contributed by atoms with Crippen LogP contribution in [0.25, 0.3) is 0 Å². The maximum atomic E-state index is 3.74. The van der Waals surface area contributed by atoms with Gasteiger partial charge in [0.1, 0.15) is 0 Å². The van der Waals surface area contributed by atoms with Crippen LogP contribution in [-0.2, 0) is 0 Å². The van der Waals surface area contributed by atoms with Crippen LogP contribution in [0.15, 0.2) is 12.2 Å². The summed E-state index contributed by atoms with van der Waals surface area (Å²) in [6, 6.07) is 0. The van der Waals surface area contributed by atoms with Gasteiger partial charge in [-0.1, -0.05) is 32.4 Å². The lowest BCUT2D eigenvalue weighted by atomic mass is 10.0. The molecule has 0 saturated carbocycles. The zero-order valence-corrected chi connectivity index (χ0v) is 7.27. The van der Waals surface area contributed by atoms with Gasteiger partial charge in [0.25, 0.3) is 0 Å². The van der Waals surface area contributed by atoms with Crippen molar-refractivity contribution in [3.63, 3.8) is 0 Å². The fraction of sp³-hybridized carbons (Fsp3) is 0.700. The predicted octanol–water partition coefficient (Wildman–Crippen LogP) is 3.59. The van der Waals surface area contributed by atoms with Gasteiger partial charge in [0.05, 0.1) is 0 Å². The Morgan fingerprint density at radius 2 is 2.10 bits per heavy atom. The van der Waals surface area contributed by atoms with E-state index in [0.29, 0.717) is 0 Å². The topological polar surface area (TPSA) is 0 Å². The van der Waals surface area contributed by atoms with Crippen molar-refractivity contribution in [2.24, 2.45) is 5.92 Å². The van der Waals surface area contributed by atoms with Crippen molar-refractivity contribution in [3.8, 4) is 0 Å². The fourth-order valence-electron chi connectivity index (χ4n) is 0.821. The van der Waals surface area contributed by atoms with Crippen LogP contribution in [0, 0.1) is 12.8 Å². The van der Waals surface area contributed by atoms with Crippen molar-refractivity contribution < 1.29 is 0 Å². The van der Waals surface area contributed by atoms with Crippen molar-refractivity contribution >= 4 is 0 Å². The van der Waals surface area contributed by atoms with Crippen molar-refractivity contribution in [2.45, 2.75) is 39.5 Å². The minimum Gasteiger partial charge on any atom is -0.0885 e. The summed E-state index contributed by atoms with van der Waals surface area (Å²) in [5, 5.41) is 0. The molecule has 0 aliphatic rings. The van der Waals surface area contributed by atoms with E-state index < -0.39 is 0 Å². The van der Waals surface area contributed by atoms with Crippen molar-refractivity contribution in [2.75, 3.05) is 0 Å². The van der Waals surface area contributed by atoms with Gasteiger partial charge in [-0.15, -0.1) is 0 Å². The van der Waals surface area contributed by atoms with Crippen LogP contribution in [-0.4, -0.2) is 0 Å². The maximum Gasteiger partial charge on any atom is -0.0348 e. The van der Waals surface area contributed by atoms with E-state index in [1.807, 2.05) is 0 Å². The molecule has 0 rings (SSSR count). The standard InChI is InChI=1S/C10H19/c1-4-6-7-8-9-10(3)5-2/h6-7,10H,1,4-5,8-9H2,2-3H3. The van der Waals surface area contributed by atoms with Gasteiger partial charge in [-0.05, 0) is 32.1 Å². The Labute approximate surface area is 65.3 Å². The van der Waals surface area contributed by atoms with Crippen LogP contribution < -0.4 is 0 Å². The summed E-state index contributed by atoms with van der Waals surface area (Å²) >= 11 is 0. The Morgan fingerprint density at radius 1 is 1.40 bits per heavy atom. The summed E-state index contributed by atoms with van der Waals surface area (Å²) in [7, 11) is 0. The van der Waals surface area contributed by atoms with Gasteiger partial charge in [-0.25, -0.2) is 0 Å². The van der Waals surface area contributed by atoms with Crippen LogP contribution >= 0.6 is 0 Å². The smallest absolute Gasteiger partial charge is 0.0348 e. The third-order valence-corrected chi connectivity index (χ3v) is 1.86. The molecule has 0 bridgehead atoms. The predicted molar refractivity (Wildman–Crippen MR) is 47.8 cm³/mol. The van der Waals surface area contributed by atoms with Gasteiger partial charge >= 0.3 is 0 Å². The number of hydrogen-bond donors (Lipinski definition) is 0. The molecule has 0 N–H and O–H groups in total. The average molecular weight is 139 g/mol. The third-order valence-electron chi connectivity index (χ3n) is 1.86.